The summed E-state index contributed by atoms with van der Waals surface area (Å²) in [4.78, 5) is 3.96. The maximum absolute atomic E-state index is 6.21. The van der Waals surface area contributed by atoms with Crippen LogP contribution in [-0.4, -0.2) is 11.8 Å². The Balaban J connectivity index is 1.81. The third-order valence-corrected chi connectivity index (χ3v) is 3.46. The molecule has 2 heterocycles. The summed E-state index contributed by atoms with van der Waals surface area (Å²) in [6.07, 6.45) is 4.00. The molecule has 98 valence electrons. The monoisotopic (exact) mass is 276 g/mol. The van der Waals surface area contributed by atoms with Crippen molar-refractivity contribution in [3.05, 3.63) is 52.8 Å². The highest BCUT2D eigenvalue weighted by atomic mass is 35.5. The minimum atomic E-state index is -0.144. The molecule has 1 aliphatic rings. The normalized spacial score (nSPS) is 14.4. The van der Waals surface area contributed by atoms with Crippen LogP contribution in [-0.2, 0) is 6.42 Å². The summed E-state index contributed by atoms with van der Waals surface area (Å²) in [5.74, 6) is 1.51. The van der Waals surface area contributed by atoms with E-state index in [-0.39, 0.29) is 12.8 Å². The Hall–Kier alpha value is -1.78. The lowest BCUT2D eigenvalue weighted by Crippen LogP contribution is -2.13. The minimum absolute atomic E-state index is 0.144. The molecule has 0 saturated carbocycles. The van der Waals surface area contributed by atoms with Crippen LogP contribution in [0.2, 0.25) is 5.02 Å². The van der Waals surface area contributed by atoms with E-state index >= 15 is 0 Å². The molecule has 0 fully saturated rings. The van der Waals surface area contributed by atoms with Gasteiger partial charge in [-0.3, -0.25) is 4.98 Å². The minimum Gasteiger partial charge on any atom is -0.454 e. The highest BCUT2D eigenvalue weighted by Crippen LogP contribution is 2.34. The van der Waals surface area contributed by atoms with Gasteiger partial charge in [-0.25, -0.2) is 0 Å². The lowest BCUT2D eigenvalue weighted by molar-refractivity contribution is 0.174. The van der Waals surface area contributed by atoms with Gasteiger partial charge >= 0.3 is 0 Å². The number of nitrogens with two attached hydrogens (primary N) is 1. The van der Waals surface area contributed by atoms with Crippen molar-refractivity contribution in [2.24, 2.45) is 5.73 Å². The number of hydrogen-bond acceptors (Lipinski definition) is 4. The summed E-state index contributed by atoms with van der Waals surface area (Å²) in [6, 6.07) is 7.49. The molecule has 1 unspecified atom stereocenters. The molecule has 2 N–H and O–H groups in total. The van der Waals surface area contributed by atoms with Crippen molar-refractivity contribution >= 4 is 11.6 Å². The summed E-state index contributed by atoms with van der Waals surface area (Å²) >= 11 is 6.09. The summed E-state index contributed by atoms with van der Waals surface area (Å²) in [5.41, 5.74) is 8.20. The Morgan fingerprint density at radius 3 is 2.95 bits per heavy atom. The molecule has 0 aliphatic carbocycles. The molecule has 0 amide bonds. The van der Waals surface area contributed by atoms with Crippen LogP contribution in [0.5, 0.6) is 11.5 Å². The number of pyridine rings is 1. The van der Waals surface area contributed by atoms with Crippen LogP contribution in [0.25, 0.3) is 0 Å². The first-order valence-corrected chi connectivity index (χ1v) is 6.35. The van der Waals surface area contributed by atoms with E-state index in [0.29, 0.717) is 11.4 Å². The Kier molecular flexibility index (Phi) is 3.27. The lowest BCUT2D eigenvalue weighted by Gasteiger charge is -2.13. The number of hydrogen-bond donors (Lipinski definition) is 1. The standard InChI is InChI=1S/C14H13ClN2O2/c15-11-7-17-4-3-9(11)5-12(16)10-1-2-13-14(6-10)19-8-18-13/h1-4,6-7,12H,5,8,16H2. The van der Waals surface area contributed by atoms with E-state index in [9.17, 15) is 0 Å². The average Bonchev–Trinajstić information content (AvgIpc) is 2.88. The number of aromatic nitrogens is 1. The molecule has 0 saturated heterocycles. The smallest absolute Gasteiger partial charge is 0.231 e. The van der Waals surface area contributed by atoms with E-state index in [0.717, 1.165) is 22.6 Å². The number of halogens is 1. The predicted molar refractivity (Wildman–Crippen MR) is 72.4 cm³/mol. The van der Waals surface area contributed by atoms with E-state index in [1.165, 1.54) is 0 Å². The first-order chi connectivity index (χ1) is 9.24. The molecule has 3 rings (SSSR count). The topological polar surface area (TPSA) is 57.4 Å². The number of nitrogens with zero attached hydrogens (tertiary/aromatic N) is 1. The van der Waals surface area contributed by atoms with Gasteiger partial charge < -0.3 is 15.2 Å². The Labute approximate surface area is 116 Å². The highest BCUT2D eigenvalue weighted by molar-refractivity contribution is 6.31. The van der Waals surface area contributed by atoms with Crippen molar-refractivity contribution in [2.45, 2.75) is 12.5 Å². The van der Waals surface area contributed by atoms with Gasteiger partial charge in [-0.1, -0.05) is 17.7 Å². The highest BCUT2D eigenvalue weighted by Gasteiger charge is 2.16. The molecule has 5 heteroatoms. The lowest BCUT2D eigenvalue weighted by atomic mass is 10.00. The van der Waals surface area contributed by atoms with Gasteiger partial charge in [-0.15, -0.1) is 0 Å². The van der Waals surface area contributed by atoms with Crippen LogP contribution >= 0.6 is 11.6 Å². The van der Waals surface area contributed by atoms with Gasteiger partial charge in [0.15, 0.2) is 11.5 Å². The maximum atomic E-state index is 6.21. The Morgan fingerprint density at radius 1 is 1.26 bits per heavy atom. The van der Waals surface area contributed by atoms with Crippen LogP contribution < -0.4 is 15.2 Å². The van der Waals surface area contributed by atoms with E-state index in [2.05, 4.69) is 4.98 Å². The van der Waals surface area contributed by atoms with Crippen LogP contribution in [0.3, 0.4) is 0 Å². The van der Waals surface area contributed by atoms with Crippen molar-refractivity contribution in [3.8, 4) is 11.5 Å². The number of rotatable bonds is 3. The van der Waals surface area contributed by atoms with Crippen LogP contribution in [0, 0.1) is 0 Å². The van der Waals surface area contributed by atoms with Crippen molar-refractivity contribution in [2.75, 3.05) is 6.79 Å². The first-order valence-electron chi connectivity index (χ1n) is 5.97. The van der Waals surface area contributed by atoms with Gasteiger partial charge in [0.05, 0.1) is 5.02 Å². The Morgan fingerprint density at radius 2 is 2.11 bits per heavy atom. The van der Waals surface area contributed by atoms with Gasteiger partial charge in [0.1, 0.15) is 0 Å². The zero-order valence-electron chi connectivity index (χ0n) is 10.2. The third-order valence-electron chi connectivity index (χ3n) is 3.12. The molecule has 1 aromatic heterocycles. The van der Waals surface area contributed by atoms with Gasteiger partial charge in [-0.2, -0.15) is 0 Å². The molecule has 0 spiro atoms. The predicted octanol–water partition coefficient (Wildman–Crippen LogP) is 2.71. The first kappa shape index (κ1) is 12.3. The van der Waals surface area contributed by atoms with E-state index in [1.807, 2.05) is 24.3 Å². The fourth-order valence-electron chi connectivity index (χ4n) is 2.07. The van der Waals surface area contributed by atoms with Gasteiger partial charge in [-0.05, 0) is 35.7 Å². The van der Waals surface area contributed by atoms with Gasteiger partial charge in [0.25, 0.3) is 0 Å². The molecule has 0 radical (unpaired) electrons. The second-order valence-electron chi connectivity index (χ2n) is 4.39. The number of benzene rings is 1. The number of fused-ring (bicyclic) bond motifs is 1. The zero-order chi connectivity index (χ0) is 13.2. The summed E-state index contributed by atoms with van der Waals surface area (Å²) < 4.78 is 10.6. The summed E-state index contributed by atoms with van der Waals surface area (Å²) in [5, 5.41) is 0.638. The molecule has 1 aliphatic heterocycles. The van der Waals surface area contributed by atoms with Crippen LogP contribution in [0.4, 0.5) is 0 Å². The molecular formula is C14H13ClN2O2. The zero-order valence-corrected chi connectivity index (χ0v) is 10.9. The second kappa shape index (κ2) is 5.07. The van der Waals surface area contributed by atoms with Crippen molar-refractivity contribution in [1.29, 1.82) is 0 Å². The molecule has 4 nitrogen and oxygen atoms in total. The van der Waals surface area contributed by atoms with Crippen LogP contribution in [0.15, 0.2) is 36.7 Å². The van der Waals surface area contributed by atoms with Crippen molar-refractivity contribution in [3.63, 3.8) is 0 Å². The molecule has 1 atom stereocenters. The fraction of sp³-hybridized carbons (Fsp3) is 0.214. The summed E-state index contributed by atoms with van der Waals surface area (Å²) in [6.45, 7) is 0.268. The van der Waals surface area contributed by atoms with Crippen LogP contribution in [0.1, 0.15) is 17.2 Å². The molecule has 2 aromatic rings. The maximum Gasteiger partial charge on any atom is 0.231 e. The van der Waals surface area contributed by atoms with E-state index in [4.69, 9.17) is 26.8 Å². The SMILES string of the molecule is NC(Cc1ccncc1Cl)c1ccc2c(c1)OCO2. The Bertz CT molecular complexity index is 604. The average molecular weight is 277 g/mol. The second-order valence-corrected chi connectivity index (χ2v) is 4.80. The quantitative estimate of drug-likeness (QED) is 0.936. The molecular weight excluding hydrogens is 264 g/mol. The van der Waals surface area contributed by atoms with Crippen molar-refractivity contribution < 1.29 is 9.47 Å². The molecule has 0 bridgehead atoms. The van der Waals surface area contributed by atoms with E-state index < -0.39 is 0 Å². The van der Waals surface area contributed by atoms with Crippen molar-refractivity contribution in [1.82, 2.24) is 4.98 Å². The third kappa shape index (κ3) is 2.50. The fourth-order valence-corrected chi connectivity index (χ4v) is 2.26. The molecule has 19 heavy (non-hydrogen) atoms. The van der Waals surface area contributed by atoms with Gasteiger partial charge in [0.2, 0.25) is 6.79 Å². The van der Waals surface area contributed by atoms with E-state index in [1.54, 1.807) is 12.4 Å². The number of ether oxygens (including phenoxy) is 2. The van der Waals surface area contributed by atoms with Gasteiger partial charge in [0, 0.05) is 18.4 Å². The molecule has 1 aromatic carbocycles. The summed E-state index contributed by atoms with van der Waals surface area (Å²) in [7, 11) is 0. The largest absolute Gasteiger partial charge is 0.454 e.